The number of fused-ring (bicyclic) bond motifs is 3. The van der Waals surface area contributed by atoms with Gasteiger partial charge >= 0.3 is 0 Å². The van der Waals surface area contributed by atoms with E-state index in [2.05, 4.69) is 28.9 Å². The molecule has 1 amide bonds. The molecule has 4 aromatic rings. The van der Waals surface area contributed by atoms with Crippen molar-refractivity contribution in [1.29, 1.82) is 5.26 Å². The maximum Gasteiger partial charge on any atom is 0.266 e. The first kappa shape index (κ1) is 18.8. The standard InChI is InChI=1S/C24H18ClN3O/c1-2-28-22-6-4-3-5-20(22)21-14-16(7-12-23(21)28)13-17(15-26)24(29)27-19-10-8-18(25)9-11-19/h3-14H,2H2,1H3,(H,27,29)/b17-13+. The molecule has 0 spiro atoms. The van der Waals surface area contributed by atoms with Gasteiger partial charge in [0, 0.05) is 39.1 Å². The van der Waals surface area contributed by atoms with Gasteiger partial charge in [-0.25, -0.2) is 0 Å². The third-order valence-electron chi connectivity index (χ3n) is 4.89. The molecule has 0 atom stereocenters. The molecule has 0 saturated carbocycles. The minimum atomic E-state index is -0.453. The van der Waals surface area contributed by atoms with Crippen LogP contribution in [0.1, 0.15) is 12.5 Å². The lowest BCUT2D eigenvalue weighted by Crippen LogP contribution is -2.13. The third kappa shape index (κ3) is 3.61. The Morgan fingerprint density at radius 1 is 1.07 bits per heavy atom. The number of aromatic nitrogens is 1. The van der Waals surface area contributed by atoms with Crippen LogP contribution in [0.3, 0.4) is 0 Å². The van der Waals surface area contributed by atoms with E-state index >= 15 is 0 Å². The van der Waals surface area contributed by atoms with Crippen molar-refractivity contribution < 1.29 is 4.79 Å². The smallest absolute Gasteiger partial charge is 0.266 e. The number of rotatable bonds is 4. The van der Waals surface area contributed by atoms with Crippen molar-refractivity contribution >= 4 is 51.1 Å². The number of nitrogens with zero attached hydrogens (tertiary/aromatic N) is 2. The lowest BCUT2D eigenvalue weighted by molar-refractivity contribution is -0.112. The minimum Gasteiger partial charge on any atom is -0.341 e. The molecule has 0 saturated heterocycles. The number of aryl methyl sites for hydroxylation is 1. The van der Waals surface area contributed by atoms with Crippen LogP contribution in [0.4, 0.5) is 5.69 Å². The Labute approximate surface area is 173 Å². The molecule has 1 heterocycles. The van der Waals surface area contributed by atoms with Gasteiger partial charge in [0.1, 0.15) is 11.6 Å². The Morgan fingerprint density at radius 2 is 1.79 bits per heavy atom. The molecule has 0 fully saturated rings. The molecule has 4 rings (SSSR count). The number of hydrogen-bond donors (Lipinski definition) is 1. The van der Waals surface area contributed by atoms with E-state index < -0.39 is 5.91 Å². The number of benzene rings is 3. The monoisotopic (exact) mass is 399 g/mol. The van der Waals surface area contributed by atoms with Gasteiger partial charge in [0.15, 0.2) is 0 Å². The van der Waals surface area contributed by atoms with Crippen molar-refractivity contribution in [3.63, 3.8) is 0 Å². The summed E-state index contributed by atoms with van der Waals surface area (Å²) in [4.78, 5) is 12.5. The molecular formula is C24H18ClN3O. The van der Waals surface area contributed by atoms with Gasteiger partial charge in [0.25, 0.3) is 5.91 Å². The summed E-state index contributed by atoms with van der Waals surface area (Å²) in [6.45, 7) is 2.99. The Balaban J connectivity index is 1.72. The molecule has 142 valence electrons. The van der Waals surface area contributed by atoms with Crippen molar-refractivity contribution in [2.24, 2.45) is 0 Å². The summed E-state index contributed by atoms with van der Waals surface area (Å²) in [5.74, 6) is -0.453. The van der Waals surface area contributed by atoms with E-state index in [9.17, 15) is 10.1 Å². The first-order chi connectivity index (χ1) is 14.1. The van der Waals surface area contributed by atoms with Crippen LogP contribution < -0.4 is 5.32 Å². The molecule has 0 aliphatic heterocycles. The van der Waals surface area contributed by atoms with Gasteiger partial charge in [-0.15, -0.1) is 0 Å². The van der Waals surface area contributed by atoms with Crippen LogP contribution in [0.5, 0.6) is 0 Å². The van der Waals surface area contributed by atoms with Crippen LogP contribution in [0.2, 0.25) is 5.02 Å². The summed E-state index contributed by atoms with van der Waals surface area (Å²) in [7, 11) is 0. The van der Waals surface area contributed by atoms with Crippen molar-refractivity contribution in [3.8, 4) is 6.07 Å². The van der Waals surface area contributed by atoms with E-state index in [1.165, 1.54) is 5.52 Å². The van der Waals surface area contributed by atoms with Crippen LogP contribution in [0.15, 0.2) is 72.3 Å². The molecule has 5 heteroatoms. The number of nitrogens with one attached hydrogen (secondary N) is 1. The van der Waals surface area contributed by atoms with Crippen LogP contribution in [-0.4, -0.2) is 10.5 Å². The molecule has 29 heavy (non-hydrogen) atoms. The van der Waals surface area contributed by atoms with Gasteiger partial charge in [-0.1, -0.05) is 35.9 Å². The van der Waals surface area contributed by atoms with Crippen molar-refractivity contribution in [2.45, 2.75) is 13.5 Å². The number of para-hydroxylation sites is 1. The predicted octanol–water partition coefficient (Wildman–Crippen LogP) is 6.01. The van der Waals surface area contributed by atoms with E-state index in [4.69, 9.17) is 11.6 Å². The van der Waals surface area contributed by atoms with Crippen molar-refractivity contribution in [2.75, 3.05) is 5.32 Å². The summed E-state index contributed by atoms with van der Waals surface area (Å²) in [5, 5.41) is 15.1. The molecule has 4 nitrogen and oxygen atoms in total. The fourth-order valence-electron chi connectivity index (χ4n) is 3.55. The highest BCUT2D eigenvalue weighted by molar-refractivity contribution is 6.30. The van der Waals surface area contributed by atoms with E-state index in [1.807, 2.05) is 36.4 Å². The normalized spacial score (nSPS) is 11.6. The second-order valence-electron chi connectivity index (χ2n) is 6.67. The number of nitriles is 1. The third-order valence-corrected chi connectivity index (χ3v) is 5.14. The summed E-state index contributed by atoms with van der Waals surface area (Å²) < 4.78 is 2.26. The highest BCUT2D eigenvalue weighted by atomic mass is 35.5. The van der Waals surface area contributed by atoms with Crippen LogP contribution in [-0.2, 0) is 11.3 Å². The lowest BCUT2D eigenvalue weighted by Gasteiger charge is -2.05. The SMILES string of the molecule is CCn1c2ccccc2c2cc(/C=C(\C#N)C(=O)Nc3ccc(Cl)cc3)ccc21. The maximum atomic E-state index is 12.5. The van der Waals surface area contributed by atoms with Gasteiger partial charge < -0.3 is 9.88 Å². The van der Waals surface area contributed by atoms with Crippen LogP contribution >= 0.6 is 11.6 Å². The number of carbonyl (C=O) groups excluding carboxylic acids is 1. The summed E-state index contributed by atoms with van der Waals surface area (Å²) in [5.41, 5.74) is 3.74. The zero-order chi connectivity index (χ0) is 20.4. The Hall–Kier alpha value is -3.55. The Bertz CT molecular complexity index is 1290. The van der Waals surface area contributed by atoms with E-state index in [0.29, 0.717) is 10.7 Å². The topological polar surface area (TPSA) is 57.8 Å². The molecule has 1 N–H and O–H groups in total. The maximum absolute atomic E-state index is 12.5. The summed E-state index contributed by atoms with van der Waals surface area (Å²) in [6, 6.07) is 23.0. The van der Waals surface area contributed by atoms with Crippen LogP contribution in [0.25, 0.3) is 27.9 Å². The highest BCUT2D eigenvalue weighted by Crippen LogP contribution is 2.30. The largest absolute Gasteiger partial charge is 0.341 e. The van der Waals surface area contributed by atoms with Gasteiger partial charge in [-0.2, -0.15) is 5.26 Å². The fourth-order valence-corrected chi connectivity index (χ4v) is 3.67. The quantitative estimate of drug-likeness (QED) is 0.337. The Morgan fingerprint density at radius 3 is 2.52 bits per heavy atom. The second kappa shape index (κ2) is 7.83. The number of halogens is 1. The van der Waals surface area contributed by atoms with Crippen molar-refractivity contribution in [3.05, 3.63) is 82.9 Å². The number of carbonyl (C=O) groups is 1. The van der Waals surface area contributed by atoms with Gasteiger partial charge in [-0.3, -0.25) is 4.79 Å². The zero-order valence-corrected chi connectivity index (χ0v) is 16.6. The molecule has 3 aromatic carbocycles. The second-order valence-corrected chi connectivity index (χ2v) is 7.11. The first-order valence-corrected chi connectivity index (χ1v) is 9.68. The molecular weight excluding hydrogens is 382 g/mol. The minimum absolute atomic E-state index is 0.0403. The van der Waals surface area contributed by atoms with Gasteiger partial charge in [0.2, 0.25) is 0 Å². The number of anilines is 1. The molecule has 0 aliphatic carbocycles. The van der Waals surface area contributed by atoms with Gasteiger partial charge in [-0.05, 0) is 61.0 Å². The van der Waals surface area contributed by atoms with Crippen molar-refractivity contribution in [1.82, 2.24) is 4.57 Å². The molecule has 0 unspecified atom stereocenters. The average Bonchev–Trinajstić information content (AvgIpc) is 3.06. The fraction of sp³-hybridized carbons (Fsp3) is 0.0833. The van der Waals surface area contributed by atoms with E-state index in [1.54, 1.807) is 30.3 Å². The predicted molar refractivity (Wildman–Crippen MR) is 119 cm³/mol. The molecule has 0 radical (unpaired) electrons. The highest BCUT2D eigenvalue weighted by Gasteiger charge is 2.12. The molecule has 0 aliphatic rings. The zero-order valence-electron chi connectivity index (χ0n) is 15.8. The molecule has 0 bridgehead atoms. The van der Waals surface area contributed by atoms with Crippen LogP contribution in [0, 0.1) is 11.3 Å². The van der Waals surface area contributed by atoms with E-state index in [-0.39, 0.29) is 5.57 Å². The molecule has 1 aromatic heterocycles. The first-order valence-electron chi connectivity index (χ1n) is 9.30. The number of hydrogen-bond acceptors (Lipinski definition) is 2. The Kier molecular flexibility index (Phi) is 5.07. The summed E-state index contributed by atoms with van der Waals surface area (Å²) in [6.07, 6.45) is 1.61. The van der Waals surface area contributed by atoms with Gasteiger partial charge in [0.05, 0.1) is 0 Å². The summed E-state index contributed by atoms with van der Waals surface area (Å²) >= 11 is 5.87. The average molecular weight is 400 g/mol. The lowest BCUT2D eigenvalue weighted by atomic mass is 10.1. The van der Waals surface area contributed by atoms with E-state index in [0.717, 1.165) is 28.4 Å². The number of amides is 1.